The summed E-state index contributed by atoms with van der Waals surface area (Å²) in [6, 6.07) is -0.405. The van der Waals surface area contributed by atoms with Crippen molar-refractivity contribution < 1.29 is 14.3 Å². The van der Waals surface area contributed by atoms with Crippen LogP contribution in [0.4, 0.5) is 0 Å². The zero-order chi connectivity index (χ0) is 15.4. The third-order valence-electron chi connectivity index (χ3n) is 5.46. The number of nitrogens with one attached hydrogen (secondary N) is 2. The van der Waals surface area contributed by atoms with Gasteiger partial charge in [0, 0.05) is 0 Å². The van der Waals surface area contributed by atoms with Gasteiger partial charge in [-0.2, -0.15) is 0 Å². The van der Waals surface area contributed by atoms with Gasteiger partial charge >= 0.3 is 5.97 Å². The maximum Gasteiger partial charge on any atom is 0.329 e. The average molecular weight is 308 g/mol. The smallest absolute Gasteiger partial charge is 0.329 e. The third-order valence-corrected chi connectivity index (χ3v) is 5.46. The van der Waals surface area contributed by atoms with Crippen molar-refractivity contribution in [3.8, 4) is 0 Å². The van der Waals surface area contributed by atoms with Gasteiger partial charge in [-0.3, -0.25) is 4.79 Å². The van der Waals surface area contributed by atoms with Crippen molar-refractivity contribution in [3.63, 3.8) is 0 Å². The molecule has 1 unspecified atom stereocenters. The van der Waals surface area contributed by atoms with Crippen LogP contribution in [-0.4, -0.2) is 37.6 Å². The summed E-state index contributed by atoms with van der Waals surface area (Å²) in [6.45, 7) is 2.57. The number of hydrogen-bond acceptors (Lipinski definition) is 4. The van der Waals surface area contributed by atoms with Gasteiger partial charge in [0.1, 0.15) is 6.04 Å². The highest BCUT2D eigenvalue weighted by atomic mass is 16.5. The van der Waals surface area contributed by atoms with Crippen molar-refractivity contribution in [1.82, 2.24) is 10.6 Å². The fraction of sp³-hybridized carbons (Fsp3) is 0.882. The Balaban J connectivity index is 1.43. The topological polar surface area (TPSA) is 67.4 Å². The number of rotatable bonds is 5. The minimum Gasteiger partial charge on any atom is -0.464 e. The number of esters is 1. The minimum atomic E-state index is -0.405. The second-order valence-electron chi connectivity index (χ2n) is 7.17. The molecule has 3 fully saturated rings. The van der Waals surface area contributed by atoms with E-state index in [0.29, 0.717) is 18.4 Å². The van der Waals surface area contributed by atoms with E-state index in [1.54, 1.807) is 0 Å². The van der Waals surface area contributed by atoms with Crippen molar-refractivity contribution in [2.75, 3.05) is 19.7 Å². The molecule has 0 aromatic carbocycles. The minimum absolute atomic E-state index is 0.0187. The lowest BCUT2D eigenvalue weighted by molar-refractivity contribution is -0.159. The van der Waals surface area contributed by atoms with Crippen LogP contribution in [-0.2, 0) is 14.3 Å². The zero-order valence-electron chi connectivity index (χ0n) is 13.3. The van der Waals surface area contributed by atoms with Crippen LogP contribution in [0, 0.1) is 17.8 Å². The van der Waals surface area contributed by atoms with Crippen LogP contribution in [0.3, 0.4) is 0 Å². The molecule has 3 rings (SSSR count). The largest absolute Gasteiger partial charge is 0.464 e. The van der Waals surface area contributed by atoms with Crippen molar-refractivity contribution in [3.05, 3.63) is 0 Å². The summed E-state index contributed by atoms with van der Waals surface area (Å²) >= 11 is 0. The van der Waals surface area contributed by atoms with Crippen LogP contribution in [0.2, 0.25) is 0 Å². The second-order valence-corrected chi connectivity index (χ2v) is 7.17. The van der Waals surface area contributed by atoms with Gasteiger partial charge in [0.25, 0.3) is 0 Å². The van der Waals surface area contributed by atoms with Gasteiger partial charge < -0.3 is 15.4 Å². The summed E-state index contributed by atoms with van der Waals surface area (Å²) < 4.78 is 5.48. The fourth-order valence-electron chi connectivity index (χ4n) is 4.01. The summed E-state index contributed by atoms with van der Waals surface area (Å²) in [4.78, 5) is 24.0. The molecule has 22 heavy (non-hydrogen) atoms. The Hall–Kier alpha value is -1.10. The first kappa shape index (κ1) is 15.8. The van der Waals surface area contributed by atoms with Crippen molar-refractivity contribution in [1.29, 1.82) is 0 Å². The molecule has 5 nitrogen and oxygen atoms in total. The highest BCUT2D eigenvalue weighted by molar-refractivity contribution is 5.97. The van der Waals surface area contributed by atoms with E-state index in [4.69, 9.17) is 4.74 Å². The van der Waals surface area contributed by atoms with Crippen molar-refractivity contribution in [2.24, 2.45) is 17.8 Å². The molecule has 2 aliphatic heterocycles. The molecule has 0 aromatic heterocycles. The third kappa shape index (κ3) is 3.80. The molecule has 3 atom stereocenters. The molecule has 0 radical (unpaired) electrons. The molecule has 124 valence electrons. The van der Waals surface area contributed by atoms with Crippen LogP contribution in [0.15, 0.2) is 0 Å². The van der Waals surface area contributed by atoms with Crippen LogP contribution < -0.4 is 10.6 Å². The molecule has 0 spiro atoms. The predicted octanol–water partition coefficient (Wildman–Crippen LogP) is 1.61. The molecule has 3 aliphatic rings. The molecule has 5 heteroatoms. The summed E-state index contributed by atoms with van der Waals surface area (Å²) in [5, 5.41) is 6.10. The number of carbonyl (C=O) groups excluding carboxylic acids is 2. The maximum absolute atomic E-state index is 12.2. The second kappa shape index (κ2) is 7.44. The number of amides is 1. The summed E-state index contributed by atoms with van der Waals surface area (Å²) in [5.74, 6) is 0.654. The Bertz CT molecular complexity index is 401. The lowest BCUT2D eigenvalue weighted by atomic mass is 9.80. The first-order valence-electron chi connectivity index (χ1n) is 8.92. The van der Waals surface area contributed by atoms with E-state index in [1.165, 1.54) is 32.1 Å². The lowest BCUT2D eigenvalue weighted by Crippen LogP contribution is -2.63. The normalized spacial score (nSPS) is 32.9. The number of ether oxygens (including phenoxy) is 1. The molecule has 2 N–H and O–H groups in total. The Morgan fingerprint density at radius 3 is 2.55 bits per heavy atom. The average Bonchev–Trinajstić information content (AvgIpc) is 2.57. The molecule has 0 bridgehead atoms. The van der Waals surface area contributed by atoms with E-state index in [1.807, 2.05) is 0 Å². The van der Waals surface area contributed by atoms with Gasteiger partial charge in [-0.15, -0.1) is 0 Å². The Kier molecular flexibility index (Phi) is 5.34. The Morgan fingerprint density at radius 1 is 1.09 bits per heavy atom. The van der Waals surface area contributed by atoms with Gasteiger partial charge in [0.2, 0.25) is 5.91 Å². The van der Waals surface area contributed by atoms with Crippen LogP contribution >= 0.6 is 0 Å². The van der Waals surface area contributed by atoms with Crippen LogP contribution in [0.25, 0.3) is 0 Å². The maximum atomic E-state index is 12.2. The van der Waals surface area contributed by atoms with Crippen molar-refractivity contribution in [2.45, 2.75) is 57.4 Å². The molecule has 2 saturated heterocycles. The number of carbonyl (C=O) groups is 2. The molecule has 0 aromatic rings. The first-order valence-corrected chi connectivity index (χ1v) is 8.92. The molecule has 2 heterocycles. The molecule has 1 aliphatic carbocycles. The van der Waals surface area contributed by atoms with E-state index in [9.17, 15) is 9.59 Å². The highest BCUT2D eigenvalue weighted by Crippen LogP contribution is 2.28. The fourth-order valence-corrected chi connectivity index (χ4v) is 4.01. The van der Waals surface area contributed by atoms with Gasteiger partial charge in [-0.25, -0.2) is 4.79 Å². The summed E-state index contributed by atoms with van der Waals surface area (Å²) in [6.07, 6.45) is 9.27. The van der Waals surface area contributed by atoms with Gasteiger partial charge in [-0.1, -0.05) is 19.3 Å². The van der Waals surface area contributed by atoms with Gasteiger partial charge in [-0.05, 0) is 57.0 Å². The van der Waals surface area contributed by atoms with Crippen molar-refractivity contribution >= 4 is 11.9 Å². The molecular formula is C17H28N2O3. The monoisotopic (exact) mass is 308 g/mol. The van der Waals surface area contributed by atoms with E-state index < -0.39 is 6.04 Å². The van der Waals surface area contributed by atoms with E-state index in [2.05, 4.69) is 10.6 Å². The van der Waals surface area contributed by atoms with Gasteiger partial charge in [0.05, 0.1) is 12.5 Å². The van der Waals surface area contributed by atoms with Crippen LogP contribution in [0.1, 0.15) is 51.4 Å². The highest BCUT2D eigenvalue weighted by Gasteiger charge is 2.46. The molecule has 1 saturated carbocycles. The SMILES string of the molecule is O=C(OCC1CCCCC1)C1NC(=O)[C@@H]1C[C@@H]1CCCNC1. The number of hydrogen-bond donors (Lipinski definition) is 2. The lowest BCUT2D eigenvalue weighted by Gasteiger charge is -2.38. The summed E-state index contributed by atoms with van der Waals surface area (Å²) in [5.41, 5.74) is 0. The number of piperidine rings is 1. The Labute approximate surface area is 132 Å². The molecule has 1 amide bonds. The van der Waals surface area contributed by atoms with E-state index in [-0.39, 0.29) is 17.8 Å². The molecular weight excluding hydrogens is 280 g/mol. The van der Waals surface area contributed by atoms with Gasteiger partial charge in [0.15, 0.2) is 0 Å². The quantitative estimate of drug-likeness (QED) is 0.598. The predicted molar refractivity (Wildman–Crippen MR) is 83.2 cm³/mol. The summed E-state index contributed by atoms with van der Waals surface area (Å²) in [7, 11) is 0. The zero-order valence-corrected chi connectivity index (χ0v) is 13.3. The van der Waals surface area contributed by atoms with E-state index in [0.717, 1.165) is 32.4 Å². The van der Waals surface area contributed by atoms with Crippen LogP contribution in [0.5, 0.6) is 0 Å². The first-order chi connectivity index (χ1) is 10.7. The van der Waals surface area contributed by atoms with E-state index >= 15 is 0 Å². The standard InChI is InChI=1S/C17H28N2O3/c20-16-14(9-13-7-4-8-18-10-13)15(19-16)17(21)22-11-12-5-2-1-3-6-12/h12-15,18H,1-11H2,(H,19,20)/t13-,14+,15?/m0/s1. The Morgan fingerprint density at radius 2 is 1.86 bits per heavy atom. The number of β-lactam (4-membered cyclic amide) rings is 1.